The molecule has 8 rings (SSSR count). The number of aromatic nitrogens is 4. The molecular formula is C40H32Cl2N6O5S2. The second-order valence-electron chi connectivity index (χ2n) is 12.3. The van der Waals surface area contributed by atoms with Crippen molar-refractivity contribution in [2.24, 2.45) is 0 Å². The van der Waals surface area contributed by atoms with Crippen molar-refractivity contribution < 1.29 is 21.6 Å². The number of benzene rings is 6. The van der Waals surface area contributed by atoms with E-state index in [1.165, 1.54) is 19.2 Å². The number of ether oxygens (including phenoxy) is 1. The monoisotopic (exact) mass is 810 g/mol. The lowest BCUT2D eigenvalue weighted by Crippen LogP contribution is -2.15. The minimum absolute atomic E-state index is 0.113. The number of hydrogen-bond acceptors (Lipinski definition) is 7. The third kappa shape index (κ3) is 8.60. The first-order valence-electron chi connectivity index (χ1n) is 16.7. The Morgan fingerprint density at radius 1 is 0.600 bits per heavy atom. The summed E-state index contributed by atoms with van der Waals surface area (Å²) in [4.78, 5) is 0.113. The van der Waals surface area contributed by atoms with Crippen molar-refractivity contribution in [3.63, 3.8) is 0 Å². The van der Waals surface area contributed by atoms with E-state index in [-0.39, 0.29) is 22.3 Å². The molecule has 6 aromatic carbocycles. The van der Waals surface area contributed by atoms with Crippen LogP contribution in [0.5, 0.6) is 5.75 Å². The Kier molecular flexibility index (Phi) is 10.8. The van der Waals surface area contributed by atoms with Crippen molar-refractivity contribution in [3.8, 4) is 28.0 Å². The van der Waals surface area contributed by atoms with Crippen LogP contribution < -0.4 is 14.2 Å². The molecule has 0 atom stereocenters. The minimum Gasteiger partial charge on any atom is -0.497 e. The van der Waals surface area contributed by atoms with Gasteiger partial charge < -0.3 is 4.74 Å². The van der Waals surface area contributed by atoms with Crippen LogP contribution in [0.1, 0.15) is 5.56 Å². The maximum atomic E-state index is 12.7. The summed E-state index contributed by atoms with van der Waals surface area (Å²) in [7, 11) is -5.89. The van der Waals surface area contributed by atoms with Crippen molar-refractivity contribution in [3.05, 3.63) is 155 Å². The summed E-state index contributed by atoms with van der Waals surface area (Å²) in [5, 5.41) is 16.3. The molecule has 0 amide bonds. The predicted molar refractivity (Wildman–Crippen MR) is 220 cm³/mol. The van der Waals surface area contributed by atoms with E-state index in [4.69, 9.17) is 27.9 Å². The highest BCUT2D eigenvalue weighted by Crippen LogP contribution is 2.36. The number of H-pyrrole nitrogens is 2. The number of nitrogens with zero attached hydrogens (tertiary/aromatic N) is 2. The van der Waals surface area contributed by atoms with Gasteiger partial charge in [0.25, 0.3) is 10.0 Å². The van der Waals surface area contributed by atoms with Gasteiger partial charge in [0.05, 0.1) is 38.8 Å². The van der Waals surface area contributed by atoms with Crippen LogP contribution in [0.3, 0.4) is 0 Å². The molecule has 278 valence electrons. The van der Waals surface area contributed by atoms with E-state index in [1.807, 2.05) is 91.0 Å². The molecule has 2 aromatic heterocycles. The van der Waals surface area contributed by atoms with Gasteiger partial charge in [0.1, 0.15) is 5.75 Å². The molecule has 11 nitrogen and oxygen atoms in total. The van der Waals surface area contributed by atoms with Gasteiger partial charge >= 0.3 is 0 Å². The van der Waals surface area contributed by atoms with Crippen molar-refractivity contribution in [2.45, 2.75) is 10.6 Å². The maximum Gasteiger partial charge on any atom is 0.263 e. The standard InChI is InChI=1S/C20H16ClN3O3S.C20H16ClN3O2S/c1-27-14-7-9-15(10-8-14)28(25,26)24-20-17-11-16(13-5-3-2-4-6-13)18(21)12-19(17)22-23-20;21-18-12-19-17(11-16(18)15-9-5-2-6-10-15)20(23-22-19)24-27(25,26)13-14-7-3-1-4-8-14/h2-12H,1H3,(H2,22,23,24);1-12H,13H2,(H2,22,23,24). The van der Waals surface area contributed by atoms with E-state index in [0.29, 0.717) is 43.2 Å². The molecule has 55 heavy (non-hydrogen) atoms. The lowest BCUT2D eigenvalue weighted by molar-refractivity contribution is 0.414. The first-order valence-corrected chi connectivity index (χ1v) is 20.6. The average molecular weight is 812 g/mol. The lowest BCUT2D eigenvalue weighted by Gasteiger charge is -2.08. The minimum atomic E-state index is -3.81. The largest absolute Gasteiger partial charge is 0.497 e. The van der Waals surface area contributed by atoms with Gasteiger partial charge in [-0.1, -0.05) is 114 Å². The molecule has 4 N–H and O–H groups in total. The zero-order chi connectivity index (χ0) is 38.6. The summed E-state index contributed by atoms with van der Waals surface area (Å²) in [6.07, 6.45) is 0. The Hall–Kier alpha value is -5.86. The normalized spacial score (nSPS) is 11.5. The summed E-state index contributed by atoms with van der Waals surface area (Å²) in [5.74, 6) is 0.919. The molecule has 0 radical (unpaired) electrons. The van der Waals surface area contributed by atoms with Crippen molar-refractivity contribution in [1.82, 2.24) is 20.4 Å². The molecule has 0 aliphatic heterocycles. The first kappa shape index (κ1) is 37.5. The molecule has 15 heteroatoms. The van der Waals surface area contributed by atoms with E-state index in [9.17, 15) is 16.8 Å². The highest BCUT2D eigenvalue weighted by Gasteiger charge is 2.20. The van der Waals surface area contributed by atoms with Crippen LogP contribution in [0.15, 0.2) is 144 Å². The van der Waals surface area contributed by atoms with Crippen molar-refractivity contribution in [2.75, 3.05) is 16.6 Å². The average Bonchev–Trinajstić information content (AvgIpc) is 3.76. The van der Waals surface area contributed by atoms with Gasteiger partial charge in [0.15, 0.2) is 11.6 Å². The Labute approximate surface area is 327 Å². The number of fused-ring (bicyclic) bond motifs is 2. The summed E-state index contributed by atoms with van der Waals surface area (Å²) in [6, 6.07) is 41.6. The van der Waals surface area contributed by atoms with Gasteiger partial charge in [-0.3, -0.25) is 19.6 Å². The molecule has 0 saturated carbocycles. The summed E-state index contributed by atoms with van der Waals surface area (Å²) >= 11 is 12.8. The number of nitrogens with one attached hydrogen (secondary N) is 4. The Morgan fingerprint density at radius 2 is 1.05 bits per heavy atom. The smallest absolute Gasteiger partial charge is 0.263 e. The van der Waals surface area contributed by atoms with Crippen LogP contribution in [0, 0.1) is 0 Å². The van der Waals surface area contributed by atoms with E-state index in [0.717, 1.165) is 22.3 Å². The molecule has 0 aliphatic rings. The molecule has 0 saturated heterocycles. The quantitative estimate of drug-likeness (QED) is 0.107. The number of aromatic amines is 2. The SMILES string of the molecule is COc1ccc(S(=O)(=O)Nc2n[nH]c3cc(Cl)c(-c4ccccc4)cc23)cc1.O=S(=O)(Cc1ccccc1)Nc1n[nH]c2cc(Cl)c(-c3ccccc3)cc12. The van der Waals surface area contributed by atoms with Gasteiger partial charge in [-0.2, -0.15) is 10.2 Å². The number of anilines is 2. The van der Waals surface area contributed by atoms with Crippen LogP contribution in [-0.4, -0.2) is 44.3 Å². The van der Waals surface area contributed by atoms with Gasteiger partial charge in [-0.15, -0.1) is 0 Å². The fourth-order valence-electron chi connectivity index (χ4n) is 5.83. The molecule has 8 aromatic rings. The fraction of sp³-hybridized carbons (Fsp3) is 0.0500. The fourth-order valence-corrected chi connectivity index (χ4v) is 8.55. The van der Waals surface area contributed by atoms with Gasteiger partial charge in [-0.25, -0.2) is 16.8 Å². The Balaban J connectivity index is 0.000000169. The van der Waals surface area contributed by atoms with Crippen LogP contribution in [0.4, 0.5) is 11.6 Å². The number of rotatable bonds is 10. The number of halogens is 2. The summed E-state index contributed by atoms with van der Waals surface area (Å²) in [5.41, 5.74) is 5.49. The molecule has 0 spiro atoms. The van der Waals surface area contributed by atoms with Crippen LogP contribution in [0.25, 0.3) is 44.1 Å². The predicted octanol–water partition coefficient (Wildman–Crippen LogP) is 9.52. The molecule has 2 heterocycles. The van der Waals surface area contributed by atoms with E-state index >= 15 is 0 Å². The second-order valence-corrected chi connectivity index (χ2v) is 16.5. The van der Waals surface area contributed by atoms with E-state index < -0.39 is 20.0 Å². The van der Waals surface area contributed by atoms with Gasteiger partial charge in [0.2, 0.25) is 10.0 Å². The maximum absolute atomic E-state index is 12.7. The van der Waals surface area contributed by atoms with E-state index in [1.54, 1.807) is 36.4 Å². The highest BCUT2D eigenvalue weighted by molar-refractivity contribution is 7.92. The Morgan fingerprint density at radius 3 is 1.53 bits per heavy atom. The zero-order valence-electron chi connectivity index (χ0n) is 29.0. The third-order valence-electron chi connectivity index (χ3n) is 8.52. The Bertz CT molecular complexity index is 2820. The summed E-state index contributed by atoms with van der Waals surface area (Å²) < 4.78 is 60.7. The number of methoxy groups -OCH3 is 1. The lowest BCUT2D eigenvalue weighted by atomic mass is 10.0. The second kappa shape index (κ2) is 15.9. The first-order chi connectivity index (χ1) is 26.5. The van der Waals surface area contributed by atoms with Crippen LogP contribution in [-0.2, 0) is 25.8 Å². The number of sulfonamides is 2. The molecule has 0 unspecified atom stereocenters. The molecule has 0 bridgehead atoms. The zero-order valence-corrected chi connectivity index (χ0v) is 32.1. The topological polar surface area (TPSA) is 159 Å². The molecular weight excluding hydrogens is 780 g/mol. The highest BCUT2D eigenvalue weighted by atomic mass is 35.5. The van der Waals surface area contributed by atoms with Crippen LogP contribution >= 0.6 is 23.2 Å². The number of hydrogen-bond donors (Lipinski definition) is 4. The molecule has 0 aliphatic carbocycles. The third-order valence-corrected chi connectivity index (χ3v) is 11.7. The van der Waals surface area contributed by atoms with Gasteiger partial charge in [-0.05, 0) is 65.2 Å². The van der Waals surface area contributed by atoms with Crippen LogP contribution in [0.2, 0.25) is 10.0 Å². The summed E-state index contributed by atoms with van der Waals surface area (Å²) in [6.45, 7) is 0. The van der Waals surface area contributed by atoms with Crippen molar-refractivity contribution in [1.29, 1.82) is 0 Å². The molecule has 0 fully saturated rings. The van der Waals surface area contributed by atoms with Crippen molar-refractivity contribution >= 4 is 76.7 Å². The van der Waals surface area contributed by atoms with Gasteiger partial charge in [0, 0.05) is 21.9 Å². The van der Waals surface area contributed by atoms with E-state index in [2.05, 4.69) is 29.8 Å².